The molecule has 0 nitrogen and oxygen atoms in total. The van der Waals surface area contributed by atoms with Crippen molar-refractivity contribution >= 4 is 22.5 Å². The zero-order valence-electron chi connectivity index (χ0n) is 5.32. The molecule has 0 aromatic heterocycles. The van der Waals surface area contributed by atoms with Crippen LogP contribution in [0.2, 0.25) is 3.93 Å². The molecule has 0 aromatic carbocycles. The average molecular weight is 216 g/mol. The van der Waals surface area contributed by atoms with Gasteiger partial charge in [-0.15, -0.1) is 0 Å². The van der Waals surface area contributed by atoms with E-state index in [1.165, 1.54) is 38.5 Å². The van der Waals surface area contributed by atoms with E-state index in [0.717, 1.165) is 3.93 Å². The van der Waals surface area contributed by atoms with Gasteiger partial charge in [0.05, 0.1) is 0 Å². The van der Waals surface area contributed by atoms with E-state index >= 15 is 0 Å². The van der Waals surface area contributed by atoms with Gasteiger partial charge in [-0.3, -0.25) is 0 Å². The maximum atomic E-state index is 1.78. The van der Waals surface area contributed by atoms with E-state index in [1.807, 2.05) is 0 Å². The molecule has 0 unspecified atom stereocenters. The molecule has 45 valence electrons. The molecule has 1 heteroatoms. The summed E-state index contributed by atoms with van der Waals surface area (Å²) in [5.74, 6) is 0. The van der Waals surface area contributed by atoms with Crippen molar-refractivity contribution in [3.05, 3.63) is 0 Å². The minimum absolute atomic E-state index is 1.12. The molecular formula is C7H13Sn. The van der Waals surface area contributed by atoms with Gasteiger partial charge >= 0.3 is 65.0 Å². The molecule has 1 fully saturated rings. The average Bonchev–Trinajstić information content (AvgIpc) is 1.94. The van der Waals surface area contributed by atoms with Crippen LogP contribution in [0.4, 0.5) is 0 Å². The summed E-state index contributed by atoms with van der Waals surface area (Å²) in [7, 11) is 0. The molecule has 1 aliphatic rings. The van der Waals surface area contributed by atoms with Crippen molar-refractivity contribution in [3.8, 4) is 0 Å². The van der Waals surface area contributed by atoms with Crippen LogP contribution in [0.5, 0.6) is 0 Å². The molecule has 1 rings (SSSR count). The molecule has 8 heavy (non-hydrogen) atoms. The molecule has 0 spiro atoms. The summed E-state index contributed by atoms with van der Waals surface area (Å²) in [6, 6.07) is 0. The zero-order chi connectivity index (χ0) is 5.82. The van der Waals surface area contributed by atoms with Crippen LogP contribution in [0.15, 0.2) is 0 Å². The third-order valence-electron chi connectivity index (χ3n) is 1.86. The Morgan fingerprint density at radius 2 is 1.38 bits per heavy atom. The van der Waals surface area contributed by atoms with Crippen molar-refractivity contribution in [2.45, 2.75) is 42.5 Å². The summed E-state index contributed by atoms with van der Waals surface area (Å²) in [6.45, 7) is 0. The number of hydrogen-bond donors (Lipinski definition) is 0. The van der Waals surface area contributed by atoms with Crippen LogP contribution in [-0.4, -0.2) is 22.5 Å². The molecule has 0 bridgehead atoms. The molecule has 3 radical (unpaired) electrons. The first-order valence-electron chi connectivity index (χ1n) is 3.61. The summed E-state index contributed by atoms with van der Waals surface area (Å²) in [5.41, 5.74) is 0. The van der Waals surface area contributed by atoms with Crippen molar-refractivity contribution in [3.63, 3.8) is 0 Å². The van der Waals surface area contributed by atoms with E-state index in [9.17, 15) is 0 Å². The molecule has 1 saturated carbocycles. The van der Waals surface area contributed by atoms with Crippen LogP contribution in [0.25, 0.3) is 0 Å². The van der Waals surface area contributed by atoms with Gasteiger partial charge in [-0.25, -0.2) is 0 Å². The molecule has 1 aliphatic carbocycles. The summed E-state index contributed by atoms with van der Waals surface area (Å²) >= 11 is 1.78. The van der Waals surface area contributed by atoms with Crippen molar-refractivity contribution in [2.75, 3.05) is 0 Å². The molecule has 0 saturated heterocycles. The van der Waals surface area contributed by atoms with Crippen LogP contribution >= 0.6 is 0 Å². The van der Waals surface area contributed by atoms with Crippen molar-refractivity contribution < 1.29 is 0 Å². The number of hydrogen-bond acceptors (Lipinski definition) is 0. The Hall–Kier alpha value is 0.799. The van der Waals surface area contributed by atoms with Gasteiger partial charge in [0.2, 0.25) is 0 Å². The van der Waals surface area contributed by atoms with Crippen LogP contribution in [0, 0.1) is 0 Å². The molecule has 0 amide bonds. The van der Waals surface area contributed by atoms with Crippen molar-refractivity contribution in [2.24, 2.45) is 0 Å². The van der Waals surface area contributed by atoms with Crippen LogP contribution in [0.1, 0.15) is 38.5 Å². The fourth-order valence-corrected chi connectivity index (χ4v) is 2.44. The molecular weight excluding hydrogens is 203 g/mol. The maximum absolute atomic E-state index is 1.78. The van der Waals surface area contributed by atoms with E-state index in [0.29, 0.717) is 0 Å². The first-order chi connectivity index (χ1) is 3.89. The van der Waals surface area contributed by atoms with Gasteiger partial charge in [-0.05, 0) is 0 Å². The van der Waals surface area contributed by atoms with Gasteiger partial charge < -0.3 is 0 Å². The quantitative estimate of drug-likeness (QED) is 0.430. The van der Waals surface area contributed by atoms with Gasteiger partial charge in [0.1, 0.15) is 0 Å². The van der Waals surface area contributed by atoms with Gasteiger partial charge in [-0.2, -0.15) is 0 Å². The first kappa shape index (κ1) is 6.91. The SMILES string of the molecule is [Sn][CH]1CCCCCC1. The topological polar surface area (TPSA) is 0 Å². The fraction of sp³-hybridized carbons (Fsp3) is 1.00. The Balaban J connectivity index is 2.17. The second-order valence-electron chi connectivity index (χ2n) is 2.69. The van der Waals surface area contributed by atoms with Crippen LogP contribution in [-0.2, 0) is 0 Å². The van der Waals surface area contributed by atoms with E-state index in [1.54, 1.807) is 22.5 Å². The van der Waals surface area contributed by atoms with Gasteiger partial charge in [0, 0.05) is 0 Å². The Labute approximate surface area is 65.1 Å². The Bertz CT molecular complexity index is 53.4. The fourth-order valence-electron chi connectivity index (χ4n) is 1.28. The zero-order valence-corrected chi connectivity index (χ0v) is 8.17. The monoisotopic (exact) mass is 217 g/mol. The van der Waals surface area contributed by atoms with E-state index < -0.39 is 0 Å². The summed E-state index contributed by atoms with van der Waals surface area (Å²) < 4.78 is 1.12. The summed E-state index contributed by atoms with van der Waals surface area (Å²) in [4.78, 5) is 0. The van der Waals surface area contributed by atoms with E-state index in [4.69, 9.17) is 0 Å². The van der Waals surface area contributed by atoms with E-state index in [2.05, 4.69) is 0 Å². The van der Waals surface area contributed by atoms with Crippen LogP contribution < -0.4 is 0 Å². The molecule has 0 aromatic rings. The molecule has 0 atom stereocenters. The normalized spacial score (nSPS) is 25.1. The Kier molecular flexibility index (Phi) is 3.24. The molecule has 0 heterocycles. The van der Waals surface area contributed by atoms with E-state index in [-0.39, 0.29) is 0 Å². The van der Waals surface area contributed by atoms with Crippen LogP contribution in [0.3, 0.4) is 0 Å². The summed E-state index contributed by atoms with van der Waals surface area (Å²) in [6.07, 6.45) is 9.08. The first-order valence-corrected chi connectivity index (χ1v) is 5.25. The number of rotatable bonds is 0. The van der Waals surface area contributed by atoms with Crippen molar-refractivity contribution in [1.82, 2.24) is 0 Å². The second-order valence-corrected chi connectivity index (χ2v) is 5.02. The van der Waals surface area contributed by atoms with Gasteiger partial charge in [-0.1, -0.05) is 0 Å². The predicted molar refractivity (Wildman–Crippen MR) is 37.2 cm³/mol. The van der Waals surface area contributed by atoms with Gasteiger partial charge in [0.15, 0.2) is 0 Å². The Morgan fingerprint density at radius 3 is 1.88 bits per heavy atom. The third-order valence-corrected chi connectivity index (χ3v) is 3.50. The Morgan fingerprint density at radius 1 is 0.875 bits per heavy atom. The molecule has 0 aliphatic heterocycles. The predicted octanol–water partition coefficient (Wildman–Crippen LogP) is 2.30. The second kappa shape index (κ2) is 3.75. The molecule has 0 N–H and O–H groups in total. The standard InChI is InChI=1S/C7H13.Sn/c1-2-4-6-7-5-3-1;/h1H,2-7H2;. The minimum atomic E-state index is 1.12. The van der Waals surface area contributed by atoms with Gasteiger partial charge in [0.25, 0.3) is 0 Å². The third kappa shape index (κ3) is 2.38. The van der Waals surface area contributed by atoms with Crippen molar-refractivity contribution in [1.29, 1.82) is 0 Å². The summed E-state index contributed by atoms with van der Waals surface area (Å²) in [5, 5.41) is 0.